The van der Waals surface area contributed by atoms with Crippen molar-refractivity contribution in [3.8, 4) is 5.88 Å². The number of ether oxygens (including phenoxy) is 1. The van der Waals surface area contributed by atoms with Crippen molar-refractivity contribution in [3.63, 3.8) is 0 Å². The summed E-state index contributed by atoms with van der Waals surface area (Å²) in [4.78, 5) is 3.52. The Morgan fingerprint density at radius 1 is 1.50 bits per heavy atom. The summed E-state index contributed by atoms with van der Waals surface area (Å²) in [5, 5.41) is -0.283. The molecule has 0 spiro atoms. The third-order valence-electron chi connectivity index (χ3n) is 1.69. The highest BCUT2D eigenvalue weighted by Gasteiger charge is 2.17. The van der Waals surface area contributed by atoms with E-state index in [9.17, 15) is 17.2 Å². The number of pyridine rings is 1. The molecule has 0 N–H and O–H groups in total. The van der Waals surface area contributed by atoms with Gasteiger partial charge >= 0.3 is 6.61 Å². The summed E-state index contributed by atoms with van der Waals surface area (Å²) in [6, 6.07) is 2.52. The van der Waals surface area contributed by atoms with Gasteiger partial charge in [-0.2, -0.15) is 8.78 Å². The Bertz CT molecular complexity index is 478. The Morgan fingerprint density at radius 2 is 2.12 bits per heavy atom. The van der Waals surface area contributed by atoms with Crippen molar-refractivity contribution in [1.82, 2.24) is 4.98 Å². The predicted octanol–water partition coefficient (Wildman–Crippen LogP) is 2.24. The SMILES string of the molecule is CCS(=O)(=O)c1ccc(Br)c(OC(F)F)n1. The molecule has 0 aromatic carbocycles. The number of halogens is 3. The van der Waals surface area contributed by atoms with E-state index in [1.54, 1.807) is 0 Å². The minimum absolute atomic E-state index is 0.157. The summed E-state index contributed by atoms with van der Waals surface area (Å²) in [5.41, 5.74) is 0. The molecule has 0 aliphatic heterocycles. The second-order valence-electron chi connectivity index (χ2n) is 2.72. The molecule has 0 bridgehead atoms. The zero-order valence-electron chi connectivity index (χ0n) is 8.15. The van der Waals surface area contributed by atoms with Crippen molar-refractivity contribution in [1.29, 1.82) is 0 Å². The molecule has 0 saturated heterocycles. The van der Waals surface area contributed by atoms with Gasteiger partial charge in [-0.1, -0.05) is 6.92 Å². The third-order valence-corrected chi connectivity index (χ3v) is 3.92. The Labute approximate surface area is 99.7 Å². The highest BCUT2D eigenvalue weighted by atomic mass is 79.9. The molecule has 4 nitrogen and oxygen atoms in total. The van der Waals surface area contributed by atoms with Crippen LogP contribution in [-0.2, 0) is 9.84 Å². The Kier molecular flexibility index (Phi) is 4.20. The number of hydrogen-bond acceptors (Lipinski definition) is 4. The fraction of sp³-hybridized carbons (Fsp3) is 0.375. The van der Waals surface area contributed by atoms with E-state index >= 15 is 0 Å². The van der Waals surface area contributed by atoms with E-state index < -0.39 is 22.3 Å². The second-order valence-corrected chi connectivity index (χ2v) is 5.80. The number of alkyl halides is 2. The van der Waals surface area contributed by atoms with Gasteiger partial charge in [0.25, 0.3) is 0 Å². The third kappa shape index (κ3) is 3.11. The van der Waals surface area contributed by atoms with Crippen LogP contribution < -0.4 is 4.74 Å². The molecular formula is C8H8BrF2NO3S. The average Bonchev–Trinajstić information content (AvgIpc) is 2.20. The fourth-order valence-electron chi connectivity index (χ4n) is 0.895. The standard InChI is InChI=1S/C8H8BrF2NO3S/c1-2-16(13,14)6-4-3-5(9)7(12-6)15-8(10)11/h3-4,8H,2H2,1H3. The van der Waals surface area contributed by atoms with Gasteiger partial charge in [0.05, 0.1) is 10.2 Å². The highest BCUT2D eigenvalue weighted by molar-refractivity contribution is 9.10. The molecular weight excluding hydrogens is 308 g/mol. The minimum Gasteiger partial charge on any atom is -0.416 e. The summed E-state index contributed by atoms with van der Waals surface area (Å²) in [5.74, 6) is -0.597. The maximum atomic E-state index is 12.0. The van der Waals surface area contributed by atoms with Gasteiger partial charge in [-0.25, -0.2) is 13.4 Å². The zero-order valence-corrected chi connectivity index (χ0v) is 10.6. The molecule has 1 aromatic heterocycles. The normalized spacial score (nSPS) is 11.8. The van der Waals surface area contributed by atoms with Gasteiger partial charge in [-0.05, 0) is 28.1 Å². The van der Waals surface area contributed by atoms with E-state index in [4.69, 9.17) is 0 Å². The van der Waals surface area contributed by atoms with Crippen LogP contribution in [0.2, 0.25) is 0 Å². The smallest absolute Gasteiger partial charge is 0.388 e. The molecule has 0 fully saturated rings. The molecule has 0 radical (unpaired) electrons. The molecule has 0 amide bonds. The molecule has 90 valence electrons. The topological polar surface area (TPSA) is 56.3 Å². The first kappa shape index (κ1) is 13.3. The maximum Gasteiger partial charge on any atom is 0.388 e. The van der Waals surface area contributed by atoms with E-state index in [0.29, 0.717) is 0 Å². The summed E-state index contributed by atoms with van der Waals surface area (Å²) in [6.45, 7) is -1.62. The first-order valence-electron chi connectivity index (χ1n) is 4.21. The van der Waals surface area contributed by atoms with Crippen molar-refractivity contribution in [2.45, 2.75) is 18.6 Å². The van der Waals surface area contributed by atoms with Crippen LogP contribution in [0, 0.1) is 0 Å². The van der Waals surface area contributed by atoms with E-state index in [2.05, 4.69) is 25.7 Å². The van der Waals surface area contributed by atoms with Gasteiger partial charge in [-0.15, -0.1) is 0 Å². The Morgan fingerprint density at radius 3 is 2.62 bits per heavy atom. The van der Waals surface area contributed by atoms with Crippen molar-refractivity contribution >= 4 is 25.8 Å². The molecule has 0 aliphatic carbocycles. The average molecular weight is 316 g/mol. The lowest BCUT2D eigenvalue weighted by molar-refractivity contribution is -0.0537. The zero-order chi connectivity index (χ0) is 12.3. The van der Waals surface area contributed by atoms with Gasteiger partial charge in [0.1, 0.15) is 0 Å². The molecule has 0 atom stereocenters. The van der Waals surface area contributed by atoms with Crippen molar-refractivity contribution < 1.29 is 21.9 Å². The van der Waals surface area contributed by atoms with Crippen LogP contribution >= 0.6 is 15.9 Å². The number of aromatic nitrogens is 1. The van der Waals surface area contributed by atoms with Gasteiger partial charge in [0.15, 0.2) is 14.9 Å². The highest BCUT2D eigenvalue weighted by Crippen LogP contribution is 2.25. The van der Waals surface area contributed by atoms with Crippen molar-refractivity contribution in [2.75, 3.05) is 5.75 Å². The first-order valence-corrected chi connectivity index (χ1v) is 6.65. The number of rotatable bonds is 4. The molecule has 0 aliphatic rings. The Balaban J connectivity index is 3.17. The van der Waals surface area contributed by atoms with Crippen LogP contribution in [0.3, 0.4) is 0 Å². The van der Waals surface area contributed by atoms with E-state index in [1.807, 2.05) is 0 Å². The van der Waals surface area contributed by atoms with Gasteiger partial charge in [0, 0.05) is 0 Å². The largest absolute Gasteiger partial charge is 0.416 e. The predicted molar refractivity (Wildman–Crippen MR) is 56.3 cm³/mol. The monoisotopic (exact) mass is 315 g/mol. The lowest BCUT2D eigenvalue weighted by Crippen LogP contribution is -2.09. The first-order chi connectivity index (χ1) is 7.36. The molecule has 1 rings (SSSR count). The Hall–Kier alpha value is -0.760. The molecule has 0 unspecified atom stereocenters. The second kappa shape index (κ2) is 5.05. The van der Waals surface area contributed by atoms with Crippen LogP contribution in [-0.4, -0.2) is 25.8 Å². The van der Waals surface area contributed by atoms with E-state index in [-0.39, 0.29) is 15.3 Å². The summed E-state index contributed by atoms with van der Waals surface area (Å²) in [6.07, 6.45) is 0. The minimum atomic E-state index is -3.53. The number of hydrogen-bond donors (Lipinski definition) is 0. The van der Waals surface area contributed by atoms with E-state index in [1.165, 1.54) is 19.1 Å². The lowest BCUT2D eigenvalue weighted by atomic mass is 10.5. The summed E-state index contributed by atoms with van der Waals surface area (Å²) in [7, 11) is -3.53. The van der Waals surface area contributed by atoms with Gasteiger partial charge in [-0.3, -0.25) is 0 Å². The van der Waals surface area contributed by atoms with Crippen LogP contribution in [0.4, 0.5) is 8.78 Å². The maximum absolute atomic E-state index is 12.0. The molecule has 0 saturated carbocycles. The molecule has 16 heavy (non-hydrogen) atoms. The van der Waals surface area contributed by atoms with Crippen LogP contribution in [0.25, 0.3) is 0 Å². The van der Waals surface area contributed by atoms with E-state index in [0.717, 1.165) is 0 Å². The fourth-order valence-corrected chi connectivity index (χ4v) is 2.00. The summed E-state index contributed by atoms with van der Waals surface area (Å²) >= 11 is 2.93. The van der Waals surface area contributed by atoms with Crippen molar-refractivity contribution in [3.05, 3.63) is 16.6 Å². The molecule has 8 heteroatoms. The number of sulfone groups is 1. The summed E-state index contributed by atoms with van der Waals surface area (Å²) < 4.78 is 51.1. The molecule has 1 heterocycles. The number of nitrogens with zero attached hydrogens (tertiary/aromatic N) is 1. The van der Waals surface area contributed by atoms with Gasteiger partial charge in [0.2, 0.25) is 5.88 Å². The molecule has 1 aromatic rings. The van der Waals surface area contributed by atoms with Gasteiger partial charge < -0.3 is 4.74 Å². The quantitative estimate of drug-likeness (QED) is 0.855. The van der Waals surface area contributed by atoms with Crippen LogP contribution in [0.5, 0.6) is 5.88 Å². The van der Waals surface area contributed by atoms with Crippen molar-refractivity contribution in [2.24, 2.45) is 0 Å². The van der Waals surface area contributed by atoms with Crippen LogP contribution in [0.15, 0.2) is 21.6 Å². The van der Waals surface area contributed by atoms with Crippen LogP contribution in [0.1, 0.15) is 6.92 Å². The lowest BCUT2D eigenvalue weighted by Gasteiger charge is -2.07.